The largest absolute Gasteiger partial charge is 0.393 e. The second kappa shape index (κ2) is 6.51. The summed E-state index contributed by atoms with van der Waals surface area (Å²) in [6, 6.07) is 1.46. The van der Waals surface area contributed by atoms with Crippen LogP contribution in [0.5, 0.6) is 0 Å². The van der Waals surface area contributed by atoms with Gasteiger partial charge in [0.2, 0.25) is 0 Å². The molecule has 6 nitrogen and oxygen atoms in total. The predicted octanol–water partition coefficient (Wildman–Crippen LogP) is -0.665. The zero-order valence-corrected chi connectivity index (χ0v) is 11.1. The lowest BCUT2D eigenvalue weighted by Crippen LogP contribution is -2.39. The van der Waals surface area contributed by atoms with Gasteiger partial charge in [-0.05, 0) is 26.3 Å². The first-order valence-electron chi connectivity index (χ1n) is 6.08. The van der Waals surface area contributed by atoms with Crippen LogP contribution in [0, 0.1) is 0 Å². The number of aliphatic hydroxyl groups excluding tert-OH is 1. The van der Waals surface area contributed by atoms with Crippen LogP contribution in [-0.4, -0.2) is 26.9 Å². The smallest absolute Gasteiger partial charge is 0.330 e. The van der Waals surface area contributed by atoms with Crippen molar-refractivity contribution >= 4 is 0 Å². The van der Waals surface area contributed by atoms with Crippen molar-refractivity contribution in [3.63, 3.8) is 0 Å². The first-order chi connectivity index (χ1) is 8.43. The topological polar surface area (TPSA) is 76.3 Å². The van der Waals surface area contributed by atoms with Crippen molar-refractivity contribution in [3.05, 3.63) is 32.6 Å². The highest BCUT2D eigenvalue weighted by Crippen LogP contribution is 1.95. The van der Waals surface area contributed by atoms with Gasteiger partial charge in [-0.3, -0.25) is 13.9 Å². The molecular weight excluding hydrogens is 234 g/mol. The lowest BCUT2D eigenvalue weighted by Gasteiger charge is -2.10. The number of rotatable bonds is 6. The lowest BCUT2D eigenvalue weighted by molar-refractivity contribution is 0.181. The molecule has 2 N–H and O–H groups in total. The number of aromatic nitrogens is 2. The van der Waals surface area contributed by atoms with E-state index in [1.165, 1.54) is 17.7 Å². The van der Waals surface area contributed by atoms with Crippen molar-refractivity contribution in [2.45, 2.75) is 32.4 Å². The van der Waals surface area contributed by atoms with Crippen LogP contribution in [0.2, 0.25) is 0 Å². The highest BCUT2D eigenvalue weighted by Gasteiger charge is 2.05. The van der Waals surface area contributed by atoms with Crippen molar-refractivity contribution in [2.75, 3.05) is 6.54 Å². The first-order valence-corrected chi connectivity index (χ1v) is 6.08. The van der Waals surface area contributed by atoms with Crippen molar-refractivity contribution in [1.82, 2.24) is 14.5 Å². The van der Waals surface area contributed by atoms with Crippen LogP contribution in [0.1, 0.15) is 25.5 Å². The van der Waals surface area contributed by atoms with E-state index in [2.05, 4.69) is 5.32 Å². The molecular formula is C12H21N3O3. The Hall–Kier alpha value is -1.40. The Labute approximate surface area is 106 Å². The van der Waals surface area contributed by atoms with E-state index < -0.39 is 0 Å². The summed E-state index contributed by atoms with van der Waals surface area (Å²) < 4.78 is 2.54. The van der Waals surface area contributed by atoms with Crippen LogP contribution in [0.3, 0.4) is 0 Å². The minimum Gasteiger partial charge on any atom is -0.393 e. The summed E-state index contributed by atoms with van der Waals surface area (Å²) in [5, 5.41) is 12.3. The number of nitrogens with one attached hydrogen (secondary N) is 1. The van der Waals surface area contributed by atoms with Crippen LogP contribution >= 0.6 is 0 Å². The van der Waals surface area contributed by atoms with Crippen molar-refractivity contribution in [1.29, 1.82) is 0 Å². The van der Waals surface area contributed by atoms with Gasteiger partial charge in [-0.25, -0.2) is 4.79 Å². The zero-order chi connectivity index (χ0) is 13.7. The van der Waals surface area contributed by atoms with Crippen LogP contribution in [0.4, 0.5) is 0 Å². The number of hydrogen-bond acceptors (Lipinski definition) is 4. The molecule has 1 heterocycles. The molecule has 6 heteroatoms. The van der Waals surface area contributed by atoms with Crippen LogP contribution < -0.4 is 16.6 Å². The van der Waals surface area contributed by atoms with Gasteiger partial charge >= 0.3 is 5.69 Å². The van der Waals surface area contributed by atoms with E-state index in [1.807, 2.05) is 0 Å². The summed E-state index contributed by atoms with van der Waals surface area (Å²) in [7, 11) is 3.11. The molecule has 0 aromatic carbocycles. The third-order valence-corrected chi connectivity index (χ3v) is 2.91. The van der Waals surface area contributed by atoms with E-state index in [9.17, 15) is 9.59 Å². The summed E-state index contributed by atoms with van der Waals surface area (Å²) in [5.74, 6) is 0. The summed E-state index contributed by atoms with van der Waals surface area (Å²) in [6.07, 6.45) is 1.30. The molecule has 1 aromatic rings. The zero-order valence-electron chi connectivity index (χ0n) is 11.1. The normalized spacial score (nSPS) is 12.7. The van der Waals surface area contributed by atoms with E-state index >= 15 is 0 Å². The molecule has 18 heavy (non-hydrogen) atoms. The highest BCUT2D eigenvalue weighted by atomic mass is 16.3. The van der Waals surface area contributed by atoms with Gasteiger partial charge in [0, 0.05) is 32.4 Å². The average Bonchev–Trinajstić information content (AvgIpc) is 2.32. The Morgan fingerprint density at radius 3 is 2.61 bits per heavy atom. The van der Waals surface area contributed by atoms with E-state index in [4.69, 9.17) is 5.11 Å². The molecule has 1 aromatic heterocycles. The second-order valence-electron chi connectivity index (χ2n) is 4.54. The van der Waals surface area contributed by atoms with Gasteiger partial charge in [0.15, 0.2) is 0 Å². The minimum absolute atomic E-state index is 0.292. The molecule has 0 saturated carbocycles. The number of nitrogens with zero attached hydrogens (tertiary/aromatic N) is 2. The third-order valence-electron chi connectivity index (χ3n) is 2.91. The Balaban J connectivity index is 2.59. The molecule has 0 aliphatic carbocycles. The molecule has 0 saturated heterocycles. The maximum absolute atomic E-state index is 11.7. The van der Waals surface area contributed by atoms with E-state index in [0.29, 0.717) is 12.2 Å². The predicted molar refractivity (Wildman–Crippen MR) is 69.5 cm³/mol. The molecule has 0 fully saturated rings. The molecule has 0 amide bonds. The fourth-order valence-electron chi connectivity index (χ4n) is 1.69. The van der Waals surface area contributed by atoms with Crippen molar-refractivity contribution in [3.8, 4) is 0 Å². The van der Waals surface area contributed by atoms with Gasteiger partial charge in [0.05, 0.1) is 6.10 Å². The van der Waals surface area contributed by atoms with Gasteiger partial charge in [-0.15, -0.1) is 0 Å². The maximum atomic E-state index is 11.7. The molecule has 1 atom stereocenters. The summed E-state index contributed by atoms with van der Waals surface area (Å²) in [4.78, 5) is 23.1. The van der Waals surface area contributed by atoms with Gasteiger partial charge in [-0.1, -0.05) is 0 Å². The fraction of sp³-hybridized carbons (Fsp3) is 0.667. The number of hydrogen-bond donors (Lipinski definition) is 2. The average molecular weight is 255 g/mol. The number of aliphatic hydroxyl groups is 1. The Kier molecular flexibility index (Phi) is 5.30. The van der Waals surface area contributed by atoms with Crippen molar-refractivity contribution in [2.24, 2.45) is 14.1 Å². The standard InChI is InChI=1S/C12H21N3O3/c1-9(16)5-4-6-13-8-10-7-11(17)15(3)12(18)14(10)2/h7,9,13,16H,4-6,8H2,1-3H3. The summed E-state index contributed by atoms with van der Waals surface area (Å²) in [6.45, 7) is 2.97. The Bertz CT molecular complexity index is 502. The Morgan fingerprint density at radius 2 is 2.00 bits per heavy atom. The van der Waals surface area contributed by atoms with Crippen LogP contribution in [-0.2, 0) is 20.6 Å². The molecule has 1 rings (SSSR count). The molecule has 1 unspecified atom stereocenters. The quantitative estimate of drug-likeness (QED) is 0.661. The molecule has 102 valence electrons. The van der Waals surface area contributed by atoms with Gasteiger partial charge in [0.1, 0.15) is 0 Å². The second-order valence-corrected chi connectivity index (χ2v) is 4.54. The SMILES string of the molecule is CC(O)CCCNCc1cc(=O)n(C)c(=O)n1C. The lowest BCUT2D eigenvalue weighted by atomic mass is 10.2. The van der Waals surface area contributed by atoms with Crippen LogP contribution in [0.25, 0.3) is 0 Å². The monoisotopic (exact) mass is 255 g/mol. The van der Waals surface area contributed by atoms with Gasteiger partial charge in [0.25, 0.3) is 5.56 Å². The molecule has 0 aliphatic heterocycles. The highest BCUT2D eigenvalue weighted by molar-refractivity contribution is 5.01. The Morgan fingerprint density at radius 1 is 1.33 bits per heavy atom. The van der Waals surface area contributed by atoms with Crippen LogP contribution in [0.15, 0.2) is 15.7 Å². The minimum atomic E-state index is -0.316. The first kappa shape index (κ1) is 14.7. The van der Waals surface area contributed by atoms with Gasteiger partial charge in [-0.2, -0.15) is 0 Å². The molecule has 0 bridgehead atoms. The summed E-state index contributed by atoms with van der Waals surface area (Å²) in [5.41, 5.74) is 0.0577. The third kappa shape index (κ3) is 3.82. The van der Waals surface area contributed by atoms with E-state index in [0.717, 1.165) is 24.0 Å². The maximum Gasteiger partial charge on any atom is 0.330 e. The fourth-order valence-corrected chi connectivity index (χ4v) is 1.69. The molecule has 0 aliphatic rings. The van der Waals surface area contributed by atoms with E-state index in [1.54, 1.807) is 14.0 Å². The summed E-state index contributed by atoms with van der Waals surface area (Å²) >= 11 is 0. The van der Waals surface area contributed by atoms with Crippen molar-refractivity contribution < 1.29 is 5.11 Å². The molecule has 0 radical (unpaired) electrons. The van der Waals surface area contributed by atoms with Gasteiger partial charge < -0.3 is 10.4 Å². The van der Waals surface area contributed by atoms with E-state index in [-0.39, 0.29) is 17.4 Å². The molecule has 0 spiro atoms.